The fraction of sp³-hybridized carbons (Fsp3) is 0.938. The molecule has 0 bridgehead atoms. The zero-order valence-electron chi connectivity index (χ0n) is 12.6. The van der Waals surface area contributed by atoms with E-state index in [0.717, 1.165) is 25.7 Å². The molecule has 1 saturated heterocycles. The lowest BCUT2D eigenvalue weighted by Crippen LogP contribution is -2.44. The minimum Gasteiger partial charge on any atom is -0.456 e. The van der Waals surface area contributed by atoms with Crippen LogP contribution in [0.3, 0.4) is 0 Å². The minimum atomic E-state index is -0.576. The number of rotatable bonds is 9. The third kappa shape index (κ3) is 5.52. The Labute approximate surface area is 117 Å². The number of unbranched alkanes of at least 4 members (excludes halogenated alkanes) is 6. The van der Waals surface area contributed by atoms with Crippen LogP contribution < -0.4 is 0 Å². The molecule has 3 nitrogen and oxygen atoms in total. The van der Waals surface area contributed by atoms with Crippen molar-refractivity contribution in [2.45, 2.75) is 83.7 Å². The Bertz CT molecular complexity index is 265. The highest BCUT2D eigenvalue weighted by Crippen LogP contribution is 2.33. The second-order valence-electron chi connectivity index (χ2n) is 6.07. The van der Waals surface area contributed by atoms with Gasteiger partial charge in [-0.25, -0.2) is 0 Å². The van der Waals surface area contributed by atoms with Gasteiger partial charge in [-0.2, -0.15) is 0 Å². The molecule has 1 fully saturated rings. The summed E-state index contributed by atoms with van der Waals surface area (Å²) in [5, 5.41) is 9.54. The first-order valence-electron chi connectivity index (χ1n) is 7.97. The number of carbonyl (C=O) groups excluding carboxylic acids is 1. The molecule has 0 amide bonds. The van der Waals surface area contributed by atoms with Crippen LogP contribution in [0.1, 0.15) is 78.1 Å². The highest BCUT2D eigenvalue weighted by Gasteiger charge is 2.39. The van der Waals surface area contributed by atoms with E-state index in [1.54, 1.807) is 0 Å². The molecule has 0 aromatic rings. The summed E-state index contributed by atoms with van der Waals surface area (Å²) in [5.41, 5.74) is -0.576. The summed E-state index contributed by atoms with van der Waals surface area (Å²) in [6.07, 6.45) is 11.2. The topological polar surface area (TPSA) is 46.5 Å². The van der Waals surface area contributed by atoms with Crippen LogP contribution in [0.15, 0.2) is 0 Å². The van der Waals surface area contributed by atoms with Crippen LogP contribution in [-0.2, 0) is 9.53 Å². The van der Waals surface area contributed by atoms with Crippen LogP contribution in [0.25, 0.3) is 0 Å². The van der Waals surface area contributed by atoms with Crippen molar-refractivity contribution in [1.82, 2.24) is 0 Å². The minimum absolute atomic E-state index is 0.00582. The summed E-state index contributed by atoms with van der Waals surface area (Å²) < 4.78 is 5.49. The van der Waals surface area contributed by atoms with Gasteiger partial charge in [0.05, 0.1) is 12.5 Å². The van der Waals surface area contributed by atoms with E-state index in [1.165, 1.54) is 38.5 Å². The molecule has 0 aromatic heterocycles. The average molecular weight is 270 g/mol. The molecule has 112 valence electrons. The van der Waals surface area contributed by atoms with Gasteiger partial charge in [-0.1, -0.05) is 52.4 Å². The number of cyclic esters (lactones) is 1. The molecule has 19 heavy (non-hydrogen) atoms. The van der Waals surface area contributed by atoms with Crippen molar-refractivity contribution in [2.75, 3.05) is 6.61 Å². The molecular formula is C16H30O3. The molecule has 1 rings (SSSR count). The summed E-state index contributed by atoms with van der Waals surface area (Å²) in [5.74, 6) is -0.142. The monoisotopic (exact) mass is 270 g/mol. The SMILES string of the molecule is CCCCCCCCC[C@]1(CO)CC[C@@H](C)C(=O)O1. The molecule has 0 radical (unpaired) electrons. The van der Waals surface area contributed by atoms with E-state index < -0.39 is 5.60 Å². The summed E-state index contributed by atoms with van der Waals surface area (Å²) in [6.45, 7) is 4.10. The maximum Gasteiger partial charge on any atom is 0.309 e. The zero-order chi connectivity index (χ0) is 14.1. The van der Waals surface area contributed by atoms with E-state index in [0.29, 0.717) is 0 Å². The lowest BCUT2D eigenvalue weighted by molar-refractivity contribution is -0.180. The summed E-state index contributed by atoms with van der Waals surface area (Å²) in [6, 6.07) is 0. The van der Waals surface area contributed by atoms with Gasteiger partial charge in [-0.3, -0.25) is 4.79 Å². The van der Waals surface area contributed by atoms with Gasteiger partial charge in [0, 0.05) is 0 Å². The number of carbonyl (C=O) groups is 1. The molecule has 1 heterocycles. The van der Waals surface area contributed by atoms with E-state index in [9.17, 15) is 9.90 Å². The van der Waals surface area contributed by atoms with Crippen LogP contribution in [0.2, 0.25) is 0 Å². The predicted octanol–water partition coefficient (Wildman–Crippen LogP) is 3.83. The zero-order valence-corrected chi connectivity index (χ0v) is 12.6. The first-order valence-corrected chi connectivity index (χ1v) is 7.97. The van der Waals surface area contributed by atoms with Crippen molar-refractivity contribution < 1.29 is 14.6 Å². The Morgan fingerprint density at radius 1 is 1.21 bits per heavy atom. The Balaban J connectivity index is 2.20. The molecule has 0 unspecified atom stereocenters. The Morgan fingerprint density at radius 2 is 1.84 bits per heavy atom. The smallest absolute Gasteiger partial charge is 0.309 e. The Morgan fingerprint density at radius 3 is 2.42 bits per heavy atom. The third-order valence-electron chi connectivity index (χ3n) is 4.28. The Kier molecular flexibility index (Phi) is 7.44. The van der Waals surface area contributed by atoms with E-state index in [1.807, 2.05) is 6.92 Å². The van der Waals surface area contributed by atoms with Crippen LogP contribution in [0, 0.1) is 5.92 Å². The fourth-order valence-corrected chi connectivity index (χ4v) is 2.73. The van der Waals surface area contributed by atoms with E-state index >= 15 is 0 Å². The van der Waals surface area contributed by atoms with Gasteiger partial charge in [0.2, 0.25) is 0 Å². The number of aliphatic hydroxyl groups excluding tert-OH is 1. The van der Waals surface area contributed by atoms with Crippen molar-refractivity contribution in [1.29, 1.82) is 0 Å². The van der Waals surface area contributed by atoms with Crippen molar-refractivity contribution in [3.63, 3.8) is 0 Å². The molecule has 0 aliphatic carbocycles. The molecule has 0 spiro atoms. The summed E-state index contributed by atoms with van der Waals surface area (Å²) >= 11 is 0. The lowest BCUT2D eigenvalue weighted by Gasteiger charge is -2.37. The molecule has 0 aromatic carbocycles. The van der Waals surface area contributed by atoms with Crippen molar-refractivity contribution in [3.8, 4) is 0 Å². The number of aliphatic hydroxyl groups is 1. The standard InChI is InChI=1S/C16H30O3/c1-3-4-5-6-7-8-9-11-16(13-17)12-10-14(2)15(18)19-16/h14,17H,3-13H2,1-2H3/t14-,16-/m1/s1. The number of ether oxygens (including phenoxy) is 1. The normalized spacial score (nSPS) is 27.3. The first kappa shape index (κ1) is 16.5. The third-order valence-corrected chi connectivity index (χ3v) is 4.28. The van der Waals surface area contributed by atoms with Crippen molar-refractivity contribution in [3.05, 3.63) is 0 Å². The van der Waals surface area contributed by atoms with Gasteiger partial charge < -0.3 is 9.84 Å². The molecule has 1 N–H and O–H groups in total. The van der Waals surface area contributed by atoms with E-state index in [4.69, 9.17) is 4.74 Å². The first-order chi connectivity index (χ1) is 9.13. The summed E-state index contributed by atoms with van der Waals surface area (Å²) in [7, 11) is 0. The van der Waals surface area contributed by atoms with Gasteiger partial charge in [0.25, 0.3) is 0 Å². The fourth-order valence-electron chi connectivity index (χ4n) is 2.73. The number of hydrogen-bond acceptors (Lipinski definition) is 3. The molecule has 1 aliphatic heterocycles. The largest absolute Gasteiger partial charge is 0.456 e. The average Bonchev–Trinajstić information content (AvgIpc) is 2.42. The van der Waals surface area contributed by atoms with Crippen LogP contribution >= 0.6 is 0 Å². The lowest BCUT2D eigenvalue weighted by atomic mass is 9.85. The van der Waals surface area contributed by atoms with Gasteiger partial charge in [-0.15, -0.1) is 0 Å². The van der Waals surface area contributed by atoms with Crippen molar-refractivity contribution in [2.24, 2.45) is 5.92 Å². The van der Waals surface area contributed by atoms with E-state index in [2.05, 4.69) is 6.92 Å². The van der Waals surface area contributed by atoms with Crippen LogP contribution in [-0.4, -0.2) is 23.3 Å². The second kappa shape index (κ2) is 8.57. The summed E-state index contributed by atoms with van der Waals surface area (Å²) in [4.78, 5) is 11.6. The molecular weight excluding hydrogens is 240 g/mol. The van der Waals surface area contributed by atoms with E-state index in [-0.39, 0.29) is 18.5 Å². The molecule has 2 atom stereocenters. The van der Waals surface area contributed by atoms with Crippen LogP contribution in [0.5, 0.6) is 0 Å². The van der Waals surface area contributed by atoms with Crippen molar-refractivity contribution >= 4 is 5.97 Å². The van der Waals surface area contributed by atoms with Gasteiger partial charge in [0.1, 0.15) is 5.60 Å². The van der Waals surface area contributed by atoms with Crippen LogP contribution in [0.4, 0.5) is 0 Å². The van der Waals surface area contributed by atoms with Gasteiger partial charge >= 0.3 is 5.97 Å². The highest BCUT2D eigenvalue weighted by molar-refractivity contribution is 5.73. The molecule has 3 heteroatoms. The second-order valence-corrected chi connectivity index (χ2v) is 6.07. The maximum absolute atomic E-state index is 11.6. The predicted molar refractivity (Wildman–Crippen MR) is 76.9 cm³/mol. The number of esters is 1. The molecule has 1 aliphatic rings. The van der Waals surface area contributed by atoms with Gasteiger partial charge in [0.15, 0.2) is 0 Å². The van der Waals surface area contributed by atoms with Gasteiger partial charge in [-0.05, 0) is 25.7 Å². The maximum atomic E-state index is 11.6. The highest BCUT2D eigenvalue weighted by atomic mass is 16.6. The molecule has 0 saturated carbocycles. The Hall–Kier alpha value is -0.570. The quantitative estimate of drug-likeness (QED) is 0.511. The number of hydrogen-bond donors (Lipinski definition) is 1.